The molecule has 0 aliphatic rings. The van der Waals surface area contributed by atoms with Gasteiger partial charge in [0.05, 0.1) is 5.02 Å². The Morgan fingerprint density at radius 1 is 1.26 bits per heavy atom. The first-order chi connectivity index (χ1) is 8.90. The van der Waals surface area contributed by atoms with E-state index in [0.717, 1.165) is 6.07 Å². The molecule has 0 heterocycles. The molecule has 0 spiro atoms. The predicted octanol–water partition coefficient (Wildman–Crippen LogP) is 4.36. The molecule has 0 saturated heterocycles. The average Bonchev–Trinajstić information content (AvgIpc) is 2.36. The SMILES string of the molecule is Cc1cc(C(=O)c2cc(N)ccc2Br)c(Cl)cc1F. The van der Waals surface area contributed by atoms with Crippen molar-refractivity contribution in [1.29, 1.82) is 0 Å². The summed E-state index contributed by atoms with van der Waals surface area (Å²) < 4.78 is 14.0. The Bertz CT molecular complexity index is 673. The number of hydrogen-bond donors (Lipinski definition) is 1. The Balaban J connectivity index is 2.56. The molecule has 98 valence electrons. The third kappa shape index (κ3) is 2.80. The van der Waals surface area contributed by atoms with Crippen LogP contribution in [-0.4, -0.2) is 5.78 Å². The first kappa shape index (κ1) is 14.0. The Morgan fingerprint density at radius 3 is 2.63 bits per heavy atom. The lowest BCUT2D eigenvalue weighted by molar-refractivity contribution is 0.103. The highest BCUT2D eigenvalue weighted by molar-refractivity contribution is 9.10. The lowest BCUT2D eigenvalue weighted by Crippen LogP contribution is -2.05. The van der Waals surface area contributed by atoms with Gasteiger partial charge < -0.3 is 5.73 Å². The normalized spacial score (nSPS) is 10.5. The van der Waals surface area contributed by atoms with Crippen molar-refractivity contribution in [2.24, 2.45) is 0 Å². The molecule has 0 bridgehead atoms. The summed E-state index contributed by atoms with van der Waals surface area (Å²) in [4.78, 5) is 12.4. The molecule has 2 aromatic carbocycles. The van der Waals surface area contributed by atoms with E-state index in [4.69, 9.17) is 17.3 Å². The number of aryl methyl sites for hydroxylation is 1. The van der Waals surface area contributed by atoms with E-state index >= 15 is 0 Å². The second-order valence-electron chi connectivity index (χ2n) is 4.15. The summed E-state index contributed by atoms with van der Waals surface area (Å²) in [6.07, 6.45) is 0. The molecule has 0 amide bonds. The molecule has 0 aliphatic carbocycles. The third-order valence-corrected chi connectivity index (χ3v) is 3.73. The minimum atomic E-state index is -0.437. The fourth-order valence-electron chi connectivity index (χ4n) is 1.69. The van der Waals surface area contributed by atoms with Crippen LogP contribution in [0.15, 0.2) is 34.8 Å². The molecule has 0 aromatic heterocycles. The number of halogens is 3. The van der Waals surface area contributed by atoms with E-state index < -0.39 is 5.82 Å². The van der Waals surface area contributed by atoms with E-state index in [0.29, 0.717) is 21.3 Å². The van der Waals surface area contributed by atoms with Crippen molar-refractivity contribution in [3.63, 3.8) is 0 Å². The number of ketones is 1. The average molecular weight is 343 g/mol. The van der Waals surface area contributed by atoms with Crippen LogP contribution in [0, 0.1) is 12.7 Å². The van der Waals surface area contributed by atoms with Crippen LogP contribution in [0.1, 0.15) is 21.5 Å². The molecule has 2 nitrogen and oxygen atoms in total. The summed E-state index contributed by atoms with van der Waals surface area (Å²) in [5.74, 6) is -0.736. The fraction of sp³-hybridized carbons (Fsp3) is 0.0714. The van der Waals surface area contributed by atoms with Crippen molar-refractivity contribution in [3.05, 3.63) is 62.3 Å². The maximum Gasteiger partial charge on any atom is 0.195 e. The molecule has 0 unspecified atom stereocenters. The van der Waals surface area contributed by atoms with Crippen LogP contribution >= 0.6 is 27.5 Å². The van der Waals surface area contributed by atoms with Crippen LogP contribution in [0.4, 0.5) is 10.1 Å². The second-order valence-corrected chi connectivity index (χ2v) is 5.41. The molecule has 2 rings (SSSR count). The smallest absolute Gasteiger partial charge is 0.195 e. The van der Waals surface area contributed by atoms with Gasteiger partial charge in [-0.15, -0.1) is 0 Å². The predicted molar refractivity (Wildman–Crippen MR) is 78.1 cm³/mol. The minimum absolute atomic E-state index is 0.0856. The van der Waals surface area contributed by atoms with Crippen LogP contribution in [0.5, 0.6) is 0 Å². The van der Waals surface area contributed by atoms with Gasteiger partial charge in [0.25, 0.3) is 0 Å². The summed E-state index contributed by atoms with van der Waals surface area (Å²) >= 11 is 9.22. The van der Waals surface area contributed by atoms with Gasteiger partial charge in [-0.25, -0.2) is 4.39 Å². The maximum absolute atomic E-state index is 13.3. The molecule has 0 saturated carbocycles. The van der Waals surface area contributed by atoms with Gasteiger partial charge >= 0.3 is 0 Å². The molecule has 0 atom stereocenters. The van der Waals surface area contributed by atoms with Crippen LogP contribution in [0.25, 0.3) is 0 Å². The van der Waals surface area contributed by atoms with Gasteiger partial charge in [-0.05, 0) is 42.8 Å². The Morgan fingerprint density at radius 2 is 1.95 bits per heavy atom. The number of carbonyl (C=O) groups excluding carboxylic acids is 1. The lowest BCUT2D eigenvalue weighted by Gasteiger charge is -2.08. The van der Waals surface area contributed by atoms with Gasteiger partial charge in [-0.2, -0.15) is 0 Å². The van der Waals surface area contributed by atoms with Crippen molar-refractivity contribution in [1.82, 2.24) is 0 Å². The fourth-order valence-corrected chi connectivity index (χ4v) is 2.36. The van der Waals surface area contributed by atoms with Gasteiger partial charge in [0, 0.05) is 21.3 Å². The number of benzene rings is 2. The maximum atomic E-state index is 13.3. The van der Waals surface area contributed by atoms with Gasteiger partial charge in [-0.3, -0.25) is 4.79 Å². The number of hydrogen-bond acceptors (Lipinski definition) is 2. The summed E-state index contributed by atoms with van der Waals surface area (Å²) in [6.45, 7) is 1.58. The number of carbonyl (C=O) groups is 1. The molecule has 2 aromatic rings. The van der Waals surface area contributed by atoms with E-state index in [1.165, 1.54) is 6.07 Å². The summed E-state index contributed by atoms with van der Waals surface area (Å²) in [6, 6.07) is 7.51. The quantitative estimate of drug-likeness (QED) is 0.651. The monoisotopic (exact) mass is 341 g/mol. The Labute approximate surface area is 123 Å². The minimum Gasteiger partial charge on any atom is -0.399 e. The zero-order valence-electron chi connectivity index (χ0n) is 10.0. The van der Waals surface area contributed by atoms with Crippen molar-refractivity contribution in [2.75, 3.05) is 5.73 Å². The summed E-state index contributed by atoms with van der Waals surface area (Å²) in [5.41, 5.74) is 7.16. The molecule has 0 fully saturated rings. The first-order valence-corrected chi connectivity index (χ1v) is 6.62. The topological polar surface area (TPSA) is 43.1 Å². The van der Waals surface area contributed by atoms with Crippen molar-refractivity contribution >= 4 is 39.0 Å². The largest absolute Gasteiger partial charge is 0.399 e. The van der Waals surface area contributed by atoms with Gasteiger partial charge in [0.2, 0.25) is 0 Å². The number of nitrogens with two attached hydrogens (primary N) is 1. The van der Waals surface area contributed by atoms with Gasteiger partial charge in [0.15, 0.2) is 5.78 Å². The number of rotatable bonds is 2. The molecular formula is C14H10BrClFNO. The Kier molecular flexibility index (Phi) is 3.92. The highest BCUT2D eigenvalue weighted by Gasteiger charge is 2.17. The number of nitrogen functional groups attached to an aromatic ring is 1. The van der Waals surface area contributed by atoms with Gasteiger partial charge in [0.1, 0.15) is 5.82 Å². The zero-order chi connectivity index (χ0) is 14.2. The van der Waals surface area contributed by atoms with Crippen LogP contribution in [0.2, 0.25) is 5.02 Å². The third-order valence-electron chi connectivity index (χ3n) is 2.73. The second kappa shape index (κ2) is 5.31. The van der Waals surface area contributed by atoms with Crippen molar-refractivity contribution in [3.8, 4) is 0 Å². The van der Waals surface area contributed by atoms with Crippen LogP contribution < -0.4 is 5.73 Å². The standard InChI is InChI=1S/C14H10BrClFNO/c1-7-4-10(12(16)6-13(7)17)14(19)9-5-8(18)2-3-11(9)15/h2-6H,18H2,1H3. The Hall–Kier alpha value is -1.39. The van der Waals surface area contributed by atoms with E-state index in [1.807, 2.05) is 0 Å². The van der Waals surface area contributed by atoms with Crippen LogP contribution in [-0.2, 0) is 0 Å². The highest BCUT2D eigenvalue weighted by atomic mass is 79.9. The molecule has 0 radical (unpaired) electrons. The van der Waals surface area contributed by atoms with Gasteiger partial charge in [-0.1, -0.05) is 27.5 Å². The molecule has 19 heavy (non-hydrogen) atoms. The summed E-state index contributed by atoms with van der Waals surface area (Å²) in [7, 11) is 0. The van der Waals surface area contributed by atoms with Crippen LogP contribution in [0.3, 0.4) is 0 Å². The van der Waals surface area contributed by atoms with Crippen molar-refractivity contribution < 1.29 is 9.18 Å². The zero-order valence-corrected chi connectivity index (χ0v) is 12.3. The molecular weight excluding hydrogens is 333 g/mol. The van der Waals surface area contributed by atoms with Crippen molar-refractivity contribution in [2.45, 2.75) is 6.92 Å². The van der Waals surface area contributed by atoms with E-state index in [1.54, 1.807) is 25.1 Å². The number of anilines is 1. The van der Waals surface area contributed by atoms with E-state index in [2.05, 4.69) is 15.9 Å². The first-order valence-electron chi connectivity index (χ1n) is 5.45. The van der Waals surface area contributed by atoms with E-state index in [9.17, 15) is 9.18 Å². The molecule has 0 aliphatic heterocycles. The van der Waals surface area contributed by atoms with E-state index in [-0.39, 0.29) is 16.4 Å². The lowest BCUT2D eigenvalue weighted by atomic mass is 10.0. The molecule has 2 N–H and O–H groups in total. The molecule has 5 heteroatoms. The summed E-state index contributed by atoms with van der Waals surface area (Å²) in [5, 5.41) is 0.0856. The highest BCUT2D eigenvalue weighted by Crippen LogP contribution is 2.27.